The normalized spacial score (nSPS) is 16.2. The van der Waals surface area contributed by atoms with Gasteiger partial charge >= 0.3 is 6.09 Å². The molecule has 1 aromatic carbocycles. The van der Waals surface area contributed by atoms with E-state index in [1.54, 1.807) is 19.0 Å². The number of aliphatic hydroxyl groups excluding tert-OH is 1. The maximum absolute atomic E-state index is 12.2. The van der Waals surface area contributed by atoms with Crippen LogP contribution in [-0.2, 0) is 4.74 Å². The van der Waals surface area contributed by atoms with Gasteiger partial charge in [0.2, 0.25) is 0 Å². The molecule has 0 radical (unpaired) electrons. The van der Waals surface area contributed by atoms with Crippen molar-refractivity contribution in [2.75, 3.05) is 52.3 Å². The summed E-state index contributed by atoms with van der Waals surface area (Å²) in [5.41, 5.74) is 4.05. The summed E-state index contributed by atoms with van der Waals surface area (Å²) in [5, 5.41) is 17.1. The Kier molecular flexibility index (Phi) is 9.03. The fraction of sp³-hybridized carbons (Fsp3) is 0.500. The van der Waals surface area contributed by atoms with Crippen LogP contribution in [0.1, 0.15) is 29.9 Å². The summed E-state index contributed by atoms with van der Waals surface area (Å²) in [7, 11) is 4.95. The minimum atomic E-state index is -0.623. The van der Waals surface area contributed by atoms with E-state index in [-0.39, 0.29) is 18.7 Å². The van der Waals surface area contributed by atoms with Crippen molar-refractivity contribution in [3.63, 3.8) is 0 Å². The number of methoxy groups -OCH3 is 1. The Morgan fingerprint density at radius 1 is 1.31 bits per heavy atom. The third kappa shape index (κ3) is 6.31. The number of aliphatic hydroxyl groups is 1. The van der Waals surface area contributed by atoms with E-state index in [1.807, 2.05) is 45.0 Å². The second-order valence-corrected chi connectivity index (χ2v) is 9.92. The van der Waals surface area contributed by atoms with Gasteiger partial charge in [-0.1, -0.05) is 17.3 Å². The molecule has 2 aromatic heterocycles. The van der Waals surface area contributed by atoms with Crippen LogP contribution in [0.4, 0.5) is 10.6 Å². The number of likely N-dealkylation sites (N-methyl/N-ethyl adjacent to an activating group) is 2. The van der Waals surface area contributed by atoms with E-state index >= 15 is 0 Å². The molecule has 4 rings (SSSR count). The summed E-state index contributed by atoms with van der Waals surface area (Å²) in [5.74, 6) is 2.64. The molecule has 11 nitrogen and oxygen atoms in total. The summed E-state index contributed by atoms with van der Waals surface area (Å²) < 4.78 is 16.3. The zero-order valence-electron chi connectivity index (χ0n) is 23.5. The maximum atomic E-state index is 12.2. The summed E-state index contributed by atoms with van der Waals surface area (Å²) in [4.78, 5) is 26.1. The predicted molar refractivity (Wildman–Crippen MR) is 148 cm³/mol. The Labute approximate surface area is 229 Å². The fourth-order valence-electron chi connectivity index (χ4n) is 4.97. The van der Waals surface area contributed by atoms with Crippen molar-refractivity contribution in [3.8, 4) is 28.4 Å². The van der Waals surface area contributed by atoms with E-state index in [9.17, 15) is 9.90 Å². The second-order valence-electron chi connectivity index (χ2n) is 9.92. The van der Waals surface area contributed by atoms with Crippen LogP contribution in [0.3, 0.4) is 0 Å². The highest BCUT2D eigenvalue weighted by Gasteiger charge is 2.30. The Balaban J connectivity index is 1.75. The molecular formula is C28H38N6O5. The standard InChI is InChI=1S/C28H38N6O5/c1-17-25(24-18(2)32-39-19(24)3)30-26(20-9-7-11-23(13-20)38-16-22(35)14-29-4)31-27(17)34-12-8-10-21(15-34)33(5)28(36)37-6/h7,9,11,13,21-22,29,35H,8,10,12,14-16H2,1-6H3. The molecule has 0 bridgehead atoms. The first-order valence-electron chi connectivity index (χ1n) is 13.2. The van der Waals surface area contributed by atoms with Gasteiger partial charge < -0.3 is 34.2 Å². The average Bonchev–Trinajstić information content (AvgIpc) is 3.28. The monoisotopic (exact) mass is 538 g/mol. The van der Waals surface area contributed by atoms with Crippen LogP contribution in [0.5, 0.6) is 5.75 Å². The van der Waals surface area contributed by atoms with Gasteiger partial charge in [-0.25, -0.2) is 14.8 Å². The Bertz CT molecular complexity index is 1280. The smallest absolute Gasteiger partial charge is 0.409 e. The number of amides is 1. The van der Waals surface area contributed by atoms with E-state index in [2.05, 4.69) is 15.4 Å². The summed E-state index contributed by atoms with van der Waals surface area (Å²) in [6.45, 7) is 7.82. The maximum Gasteiger partial charge on any atom is 0.409 e. The molecule has 2 atom stereocenters. The lowest BCUT2D eigenvalue weighted by molar-refractivity contribution is 0.108. The third-order valence-corrected chi connectivity index (χ3v) is 7.07. The van der Waals surface area contributed by atoms with Crippen molar-refractivity contribution >= 4 is 11.9 Å². The quantitative estimate of drug-likeness (QED) is 0.419. The first kappa shape index (κ1) is 28.3. The number of hydrogen-bond acceptors (Lipinski definition) is 10. The van der Waals surface area contributed by atoms with Crippen molar-refractivity contribution in [2.45, 2.75) is 45.8 Å². The third-order valence-electron chi connectivity index (χ3n) is 7.07. The molecule has 1 aliphatic rings. The average molecular weight is 539 g/mol. The lowest BCUT2D eigenvalue weighted by Crippen LogP contribution is -2.49. The van der Waals surface area contributed by atoms with Crippen molar-refractivity contribution in [1.29, 1.82) is 0 Å². The van der Waals surface area contributed by atoms with Crippen LogP contribution in [0.2, 0.25) is 0 Å². The SMILES string of the molecule is CNCC(O)COc1cccc(-c2nc(-c3c(C)noc3C)c(C)c(N3CCCC(N(C)C(=O)OC)C3)n2)c1. The van der Waals surface area contributed by atoms with Crippen LogP contribution >= 0.6 is 0 Å². The van der Waals surface area contributed by atoms with Gasteiger partial charge in [0.15, 0.2) is 5.82 Å². The number of ether oxygens (including phenoxy) is 2. The zero-order valence-corrected chi connectivity index (χ0v) is 23.5. The lowest BCUT2D eigenvalue weighted by atomic mass is 10.0. The van der Waals surface area contributed by atoms with E-state index in [0.29, 0.717) is 30.4 Å². The Morgan fingerprint density at radius 2 is 2.10 bits per heavy atom. The number of rotatable bonds is 9. The largest absolute Gasteiger partial charge is 0.491 e. The van der Waals surface area contributed by atoms with E-state index in [1.165, 1.54) is 7.11 Å². The number of carbonyl (C=O) groups is 1. The number of nitrogens with one attached hydrogen (secondary N) is 1. The van der Waals surface area contributed by atoms with Gasteiger partial charge in [0.05, 0.1) is 30.1 Å². The molecule has 11 heteroatoms. The molecule has 210 valence electrons. The minimum absolute atomic E-state index is 0.00713. The number of carbonyl (C=O) groups excluding carboxylic acids is 1. The number of piperidine rings is 1. The molecule has 0 saturated carbocycles. The van der Waals surface area contributed by atoms with E-state index in [4.69, 9.17) is 24.0 Å². The number of aryl methyl sites for hydroxylation is 2. The number of hydrogen-bond donors (Lipinski definition) is 2. The highest BCUT2D eigenvalue weighted by atomic mass is 16.5. The van der Waals surface area contributed by atoms with Gasteiger partial charge in [-0.15, -0.1) is 0 Å². The molecule has 0 aliphatic carbocycles. The van der Waals surface area contributed by atoms with E-state index in [0.717, 1.165) is 53.3 Å². The van der Waals surface area contributed by atoms with Crippen LogP contribution in [0.15, 0.2) is 28.8 Å². The number of nitrogens with zero attached hydrogens (tertiary/aromatic N) is 5. The topological polar surface area (TPSA) is 126 Å². The molecule has 1 amide bonds. The molecule has 1 saturated heterocycles. The number of aromatic nitrogens is 3. The van der Waals surface area contributed by atoms with Crippen LogP contribution in [0.25, 0.3) is 22.6 Å². The molecule has 3 heterocycles. The molecule has 1 aliphatic heterocycles. The first-order valence-corrected chi connectivity index (χ1v) is 13.2. The van der Waals surface area contributed by atoms with Crippen molar-refractivity contribution in [1.82, 2.24) is 25.3 Å². The first-order chi connectivity index (χ1) is 18.7. The summed E-state index contributed by atoms with van der Waals surface area (Å²) in [6, 6.07) is 7.54. The predicted octanol–water partition coefficient (Wildman–Crippen LogP) is 3.35. The molecule has 1 fully saturated rings. The number of anilines is 1. The molecule has 3 aromatic rings. The van der Waals surface area contributed by atoms with Gasteiger partial charge in [0.1, 0.15) is 30.0 Å². The highest BCUT2D eigenvalue weighted by molar-refractivity contribution is 5.75. The molecule has 0 spiro atoms. The number of benzene rings is 1. The second kappa shape index (κ2) is 12.4. The van der Waals surface area contributed by atoms with Crippen molar-refractivity contribution in [2.24, 2.45) is 0 Å². The van der Waals surface area contributed by atoms with Crippen molar-refractivity contribution in [3.05, 3.63) is 41.3 Å². The Morgan fingerprint density at radius 3 is 2.79 bits per heavy atom. The van der Waals surface area contributed by atoms with Gasteiger partial charge in [0.25, 0.3) is 0 Å². The highest BCUT2D eigenvalue weighted by Crippen LogP contribution is 2.36. The zero-order chi connectivity index (χ0) is 28.1. The van der Waals surface area contributed by atoms with Gasteiger partial charge in [-0.05, 0) is 52.8 Å². The lowest BCUT2D eigenvalue weighted by Gasteiger charge is -2.38. The molecule has 2 unspecified atom stereocenters. The van der Waals surface area contributed by atoms with Crippen molar-refractivity contribution < 1.29 is 23.9 Å². The minimum Gasteiger partial charge on any atom is -0.491 e. The van der Waals surface area contributed by atoms with Gasteiger partial charge in [0, 0.05) is 37.8 Å². The van der Waals surface area contributed by atoms with Crippen LogP contribution in [0, 0.1) is 20.8 Å². The summed E-state index contributed by atoms with van der Waals surface area (Å²) >= 11 is 0. The Hall–Kier alpha value is -3.70. The molecule has 2 N–H and O–H groups in total. The molecular weight excluding hydrogens is 500 g/mol. The molecule has 39 heavy (non-hydrogen) atoms. The van der Waals surface area contributed by atoms with E-state index < -0.39 is 6.10 Å². The van der Waals surface area contributed by atoms with Gasteiger partial charge in [-0.3, -0.25) is 0 Å². The van der Waals surface area contributed by atoms with Gasteiger partial charge in [-0.2, -0.15) is 0 Å². The summed E-state index contributed by atoms with van der Waals surface area (Å²) in [6.07, 6.45) is 0.815. The van der Waals surface area contributed by atoms with Crippen LogP contribution < -0.4 is 15.0 Å². The fourth-order valence-corrected chi connectivity index (χ4v) is 4.97. The van der Waals surface area contributed by atoms with Crippen LogP contribution in [-0.4, -0.2) is 90.8 Å².